The first-order valence-electron chi connectivity index (χ1n) is 8.77. The number of nitrogens with one attached hydrogen (secondary N) is 1. The number of carbonyl (C=O) groups is 2. The second-order valence-electron chi connectivity index (χ2n) is 6.56. The van der Waals surface area contributed by atoms with Crippen molar-refractivity contribution in [3.63, 3.8) is 0 Å². The first kappa shape index (κ1) is 18.0. The highest BCUT2D eigenvalue weighted by molar-refractivity contribution is 5.94. The average molecular weight is 353 g/mol. The molecule has 7 nitrogen and oxygen atoms in total. The lowest BCUT2D eigenvalue weighted by atomic mass is 10.0. The molecular formula is C19H23N5O2. The molecule has 0 spiro atoms. The molecule has 0 unspecified atom stereocenters. The van der Waals surface area contributed by atoms with Crippen molar-refractivity contribution in [2.24, 2.45) is 0 Å². The van der Waals surface area contributed by atoms with E-state index < -0.39 is 0 Å². The molecule has 136 valence electrons. The van der Waals surface area contributed by atoms with Crippen LogP contribution in [0.2, 0.25) is 0 Å². The molecule has 1 aliphatic rings. The Morgan fingerprint density at radius 3 is 2.85 bits per heavy atom. The molecule has 1 N–H and O–H groups in total. The minimum Gasteiger partial charge on any atom is -0.352 e. The summed E-state index contributed by atoms with van der Waals surface area (Å²) in [5.41, 5.74) is 2.99. The van der Waals surface area contributed by atoms with Gasteiger partial charge >= 0.3 is 0 Å². The Hall–Kier alpha value is -2.83. The van der Waals surface area contributed by atoms with Crippen LogP contribution in [-0.4, -0.2) is 38.2 Å². The zero-order valence-corrected chi connectivity index (χ0v) is 15.3. The predicted octanol–water partition coefficient (Wildman–Crippen LogP) is 2.10. The Bertz CT molecular complexity index is 836. The van der Waals surface area contributed by atoms with Crippen molar-refractivity contribution in [1.29, 1.82) is 0 Å². The van der Waals surface area contributed by atoms with Crippen LogP contribution >= 0.6 is 0 Å². The lowest BCUT2D eigenvalue weighted by Gasteiger charge is -2.26. The molecule has 0 bridgehead atoms. The molecule has 1 saturated heterocycles. The fourth-order valence-electron chi connectivity index (χ4n) is 3.30. The number of amides is 2. The Balaban J connectivity index is 1.93. The third kappa shape index (κ3) is 3.71. The molecule has 2 aromatic heterocycles. The zero-order valence-electron chi connectivity index (χ0n) is 15.3. The molecule has 3 rings (SSSR count). The van der Waals surface area contributed by atoms with E-state index in [9.17, 15) is 9.59 Å². The van der Waals surface area contributed by atoms with Crippen LogP contribution in [0.25, 0.3) is 0 Å². The van der Waals surface area contributed by atoms with Gasteiger partial charge in [0.25, 0.3) is 5.91 Å². The Labute approximate surface area is 152 Å². The Morgan fingerprint density at radius 2 is 2.12 bits per heavy atom. The summed E-state index contributed by atoms with van der Waals surface area (Å²) in [5.74, 6) is 0.465. The van der Waals surface area contributed by atoms with Gasteiger partial charge in [0.1, 0.15) is 11.5 Å². The second kappa shape index (κ2) is 7.59. The normalized spacial score (nSPS) is 16.6. The van der Waals surface area contributed by atoms with Gasteiger partial charge < -0.3 is 10.2 Å². The number of nitrogens with zero attached hydrogens (tertiary/aromatic N) is 4. The minimum atomic E-state index is -0.130. The third-order valence-corrected chi connectivity index (χ3v) is 4.59. The highest BCUT2D eigenvalue weighted by Gasteiger charge is 2.34. The van der Waals surface area contributed by atoms with Crippen LogP contribution in [0, 0.1) is 13.8 Å². The molecule has 2 aromatic rings. The fraction of sp³-hybridized carbons (Fsp3) is 0.421. The van der Waals surface area contributed by atoms with Crippen LogP contribution in [0.1, 0.15) is 58.9 Å². The van der Waals surface area contributed by atoms with Gasteiger partial charge in [-0.3, -0.25) is 14.6 Å². The molecule has 26 heavy (non-hydrogen) atoms. The van der Waals surface area contributed by atoms with Gasteiger partial charge in [-0.25, -0.2) is 9.97 Å². The van der Waals surface area contributed by atoms with Gasteiger partial charge in [-0.2, -0.15) is 0 Å². The van der Waals surface area contributed by atoms with Crippen molar-refractivity contribution in [1.82, 2.24) is 25.2 Å². The van der Waals surface area contributed by atoms with Gasteiger partial charge in [-0.15, -0.1) is 0 Å². The summed E-state index contributed by atoms with van der Waals surface area (Å²) in [6.45, 7) is 6.22. The number of aryl methyl sites for hydroxylation is 2. The van der Waals surface area contributed by atoms with E-state index in [0.717, 1.165) is 29.7 Å². The maximum atomic E-state index is 13.1. The van der Waals surface area contributed by atoms with E-state index in [1.54, 1.807) is 12.4 Å². The number of likely N-dealkylation sites (tertiary alicyclic amines) is 1. The standard InChI is InChI=1S/C19H23N5O2/c1-12-6-4-8-20-17(12)19(26)24-9-5-7-16(24)18-15(11-22-14(3)25)10-21-13(2)23-18/h4,6,8,10,16H,5,7,9,11H2,1-3H3,(H,22,25)/t16-/m0/s1. The molecule has 1 aliphatic heterocycles. The average Bonchev–Trinajstić information content (AvgIpc) is 3.10. The van der Waals surface area contributed by atoms with Crippen LogP contribution in [-0.2, 0) is 11.3 Å². The van der Waals surface area contributed by atoms with E-state index in [1.165, 1.54) is 6.92 Å². The number of rotatable bonds is 4. The van der Waals surface area contributed by atoms with Crippen LogP contribution in [0.15, 0.2) is 24.5 Å². The van der Waals surface area contributed by atoms with Crippen molar-refractivity contribution in [2.45, 2.75) is 46.2 Å². The molecular weight excluding hydrogens is 330 g/mol. The smallest absolute Gasteiger partial charge is 0.273 e. The van der Waals surface area contributed by atoms with Crippen molar-refractivity contribution < 1.29 is 9.59 Å². The van der Waals surface area contributed by atoms with Crippen molar-refractivity contribution in [3.05, 3.63) is 52.9 Å². The van der Waals surface area contributed by atoms with Crippen molar-refractivity contribution in [2.75, 3.05) is 6.54 Å². The van der Waals surface area contributed by atoms with E-state index in [0.29, 0.717) is 24.6 Å². The summed E-state index contributed by atoms with van der Waals surface area (Å²) >= 11 is 0. The van der Waals surface area contributed by atoms with Crippen LogP contribution in [0.4, 0.5) is 0 Å². The van der Waals surface area contributed by atoms with Gasteiger partial charge in [-0.05, 0) is 38.3 Å². The molecule has 7 heteroatoms. The maximum Gasteiger partial charge on any atom is 0.273 e. The monoisotopic (exact) mass is 353 g/mol. The number of carbonyl (C=O) groups excluding carboxylic acids is 2. The maximum absolute atomic E-state index is 13.1. The number of aromatic nitrogens is 3. The Kier molecular flexibility index (Phi) is 5.25. The van der Waals surface area contributed by atoms with E-state index >= 15 is 0 Å². The largest absolute Gasteiger partial charge is 0.352 e. The molecule has 2 amide bonds. The lowest BCUT2D eigenvalue weighted by Crippen LogP contribution is -2.33. The topological polar surface area (TPSA) is 88.1 Å². The van der Waals surface area contributed by atoms with Gasteiger partial charge in [0, 0.05) is 38.0 Å². The highest BCUT2D eigenvalue weighted by atomic mass is 16.2. The molecule has 1 atom stereocenters. The minimum absolute atomic E-state index is 0.0765. The fourth-order valence-corrected chi connectivity index (χ4v) is 3.30. The van der Waals surface area contributed by atoms with Crippen LogP contribution < -0.4 is 5.32 Å². The van der Waals surface area contributed by atoms with Crippen molar-refractivity contribution in [3.8, 4) is 0 Å². The predicted molar refractivity (Wildman–Crippen MR) is 96.3 cm³/mol. The SMILES string of the molecule is CC(=O)NCc1cnc(C)nc1[C@@H]1CCCN1C(=O)c1ncccc1C. The Morgan fingerprint density at radius 1 is 1.31 bits per heavy atom. The van der Waals surface area contributed by atoms with Gasteiger partial charge in [0.15, 0.2) is 0 Å². The van der Waals surface area contributed by atoms with E-state index in [1.807, 2.05) is 30.9 Å². The summed E-state index contributed by atoms with van der Waals surface area (Å²) in [6, 6.07) is 3.59. The molecule has 0 aliphatic carbocycles. The number of hydrogen-bond acceptors (Lipinski definition) is 5. The highest BCUT2D eigenvalue weighted by Crippen LogP contribution is 2.34. The zero-order chi connectivity index (χ0) is 18.7. The van der Waals surface area contributed by atoms with E-state index in [4.69, 9.17) is 0 Å². The number of pyridine rings is 1. The molecule has 0 aromatic carbocycles. The molecule has 1 fully saturated rings. The molecule has 3 heterocycles. The van der Waals surface area contributed by atoms with Crippen LogP contribution in [0.3, 0.4) is 0 Å². The van der Waals surface area contributed by atoms with Gasteiger partial charge in [0.2, 0.25) is 5.91 Å². The van der Waals surface area contributed by atoms with E-state index in [-0.39, 0.29) is 17.9 Å². The van der Waals surface area contributed by atoms with E-state index in [2.05, 4.69) is 20.3 Å². The molecule has 0 saturated carbocycles. The third-order valence-electron chi connectivity index (χ3n) is 4.59. The first-order valence-corrected chi connectivity index (χ1v) is 8.77. The van der Waals surface area contributed by atoms with Crippen molar-refractivity contribution >= 4 is 11.8 Å². The summed E-state index contributed by atoms with van der Waals surface area (Å²) in [4.78, 5) is 39.3. The summed E-state index contributed by atoms with van der Waals surface area (Å²) in [6.07, 6.45) is 5.12. The molecule has 0 radical (unpaired) electrons. The number of hydrogen-bond donors (Lipinski definition) is 1. The van der Waals surface area contributed by atoms with Gasteiger partial charge in [-0.1, -0.05) is 6.07 Å². The first-order chi connectivity index (χ1) is 12.5. The summed E-state index contributed by atoms with van der Waals surface area (Å²) < 4.78 is 0. The lowest BCUT2D eigenvalue weighted by molar-refractivity contribution is -0.119. The quantitative estimate of drug-likeness (QED) is 0.909. The summed E-state index contributed by atoms with van der Waals surface area (Å²) in [5, 5.41) is 2.80. The van der Waals surface area contributed by atoms with Gasteiger partial charge in [0.05, 0.1) is 11.7 Å². The summed E-state index contributed by atoms with van der Waals surface area (Å²) in [7, 11) is 0. The van der Waals surface area contributed by atoms with Crippen LogP contribution in [0.5, 0.6) is 0 Å². The second-order valence-corrected chi connectivity index (χ2v) is 6.56.